The standard InChI is InChI=1S/C22H22O.2C2H6/c1-3-19-10-4-5-13-22(19)23-16-18-9-7-12-21(15-18)20-11-6-8-17(2)14-20;2*1-2/h4-15H,3,16H2,1-2H3;2*1-2H3. The third-order valence-electron chi connectivity index (χ3n) is 4.03. The number of rotatable bonds is 5. The van der Waals surface area contributed by atoms with E-state index in [1.807, 2.05) is 39.8 Å². The summed E-state index contributed by atoms with van der Waals surface area (Å²) in [5.41, 5.74) is 6.21. The van der Waals surface area contributed by atoms with Crippen molar-refractivity contribution >= 4 is 0 Å². The zero-order valence-corrected chi connectivity index (χ0v) is 17.8. The van der Waals surface area contributed by atoms with E-state index in [1.165, 1.54) is 27.8 Å². The van der Waals surface area contributed by atoms with E-state index < -0.39 is 0 Å². The number of para-hydroxylation sites is 1. The molecule has 0 bridgehead atoms. The van der Waals surface area contributed by atoms with Crippen LogP contribution in [0.25, 0.3) is 11.1 Å². The van der Waals surface area contributed by atoms with Gasteiger partial charge in [-0.25, -0.2) is 0 Å². The topological polar surface area (TPSA) is 9.23 Å². The fraction of sp³-hybridized carbons (Fsp3) is 0.308. The van der Waals surface area contributed by atoms with Gasteiger partial charge in [-0.3, -0.25) is 0 Å². The van der Waals surface area contributed by atoms with Gasteiger partial charge >= 0.3 is 0 Å². The molecular weight excluding hydrogens is 328 g/mol. The Hall–Kier alpha value is -2.54. The molecule has 0 fully saturated rings. The molecule has 3 aromatic carbocycles. The maximum Gasteiger partial charge on any atom is 0.122 e. The molecule has 0 unspecified atom stereocenters. The van der Waals surface area contributed by atoms with E-state index in [0.717, 1.165) is 12.2 Å². The van der Waals surface area contributed by atoms with Crippen molar-refractivity contribution in [1.82, 2.24) is 0 Å². The Morgan fingerprint density at radius 3 is 2.00 bits per heavy atom. The number of ether oxygens (including phenoxy) is 1. The summed E-state index contributed by atoms with van der Waals surface area (Å²) in [5.74, 6) is 0.982. The second kappa shape index (κ2) is 12.8. The van der Waals surface area contributed by atoms with Crippen LogP contribution in [0.1, 0.15) is 51.3 Å². The number of hydrogen-bond acceptors (Lipinski definition) is 1. The molecule has 0 aliphatic heterocycles. The van der Waals surface area contributed by atoms with Crippen LogP contribution >= 0.6 is 0 Å². The van der Waals surface area contributed by atoms with E-state index >= 15 is 0 Å². The number of benzene rings is 3. The average molecular weight is 363 g/mol. The Morgan fingerprint density at radius 2 is 1.33 bits per heavy atom. The maximum absolute atomic E-state index is 6.03. The first-order chi connectivity index (χ1) is 13.3. The Balaban J connectivity index is 0.000000855. The monoisotopic (exact) mass is 362 g/mol. The predicted molar refractivity (Wildman–Crippen MR) is 119 cm³/mol. The predicted octanol–water partition coefficient (Wildman–Crippen LogP) is 7.86. The number of hydrogen-bond donors (Lipinski definition) is 0. The molecule has 0 aliphatic carbocycles. The molecule has 0 radical (unpaired) electrons. The smallest absolute Gasteiger partial charge is 0.122 e. The molecule has 0 saturated carbocycles. The van der Waals surface area contributed by atoms with Crippen molar-refractivity contribution in [3.05, 3.63) is 89.5 Å². The van der Waals surface area contributed by atoms with Crippen LogP contribution in [-0.4, -0.2) is 0 Å². The highest BCUT2D eigenvalue weighted by atomic mass is 16.5. The Bertz CT molecular complexity index is 789. The van der Waals surface area contributed by atoms with Gasteiger partial charge in [-0.05, 0) is 47.7 Å². The van der Waals surface area contributed by atoms with Crippen LogP contribution in [0.5, 0.6) is 5.75 Å². The number of aryl methyl sites for hydroxylation is 2. The third-order valence-corrected chi connectivity index (χ3v) is 4.03. The van der Waals surface area contributed by atoms with Gasteiger partial charge in [0.05, 0.1) is 0 Å². The second-order valence-corrected chi connectivity index (χ2v) is 5.82. The minimum absolute atomic E-state index is 0.594. The average Bonchev–Trinajstić information content (AvgIpc) is 2.75. The van der Waals surface area contributed by atoms with Gasteiger partial charge in [-0.15, -0.1) is 0 Å². The van der Waals surface area contributed by atoms with Gasteiger partial charge < -0.3 is 4.74 Å². The van der Waals surface area contributed by atoms with Crippen LogP contribution in [0, 0.1) is 6.92 Å². The minimum Gasteiger partial charge on any atom is -0.489 e. The summed E-state index contributed by atoms with van der Waals surface area (Å²) in [6, 6.07) is 25.4. The van der Waals surface area contributed by atoms with Crippen LogP contribution in [0.4, 0.5) is 0 Å². The van der Waals surface area contributed by atoms with Crippen molar-refractivity contribution in [3.8, 4) is 16.9 Å². The Kier molecular flexibility index (Phi) is 10.6. The third kappa shape index (κ3) is 6.94. The molecule has 0 N–H and O–H groups in total. The molecule has 1 heteroatoms. The second-order valence-electron chi connectivity index (χ2n) is 5.82. The van der Waals surface area contributed by atoms with Crippen molar-refractivity contribution in [3.63, 3.8) is 0 Å². The molecule has 0 heterocycles. The van der Waals surface area contributed by atoms with Gasteiger partial charge in [0.2, 0.25) is 0 Å². The van der Waals surface area contributed by atoms with Crippen LogP contribution < -0.4 is 4.74 Å². The van der Waals surface area contributed by atoms with E-state index in [2.05, 4.69) is 74.5 Å². The van der Waals surface area contributed by atoms with Gasteiger partial charge in [-0.2, -0.15) is 0 Å². The summed E-state index contributed by atoms with van der Waals surface area (Å²) in [5, 5.41) is 0. The zero-order valence-electron chi connectivity index (χ0n) is 17.8. The highest BCUT2D eigenvalue weighted by molar-refractivity contribution is 5.64. The molecule has 0 aliphatic rings. The van der Waals surface area contributed by atoms with Crippen LogP contribution in [-0.2, 0) is 13.0 Å². The van der Waals surface area contributed by atoms with Crippen molar-refractivity contribution in [2.75, 3.05) is 0 Å². The highest BCUT2D eigenvalue weighted by Crippen LogP contribution is 2.23. The molecule has 0 atom stereocenters. The summed E-state index contributed by atoms with van der Waals surface area (Å²) in [6.07, 6.45) is 0.986. The highest BCUT2D eigenvalue weighted by Gasteiger charge is 2.03. The largest absolute Gasteiger partial charge is 0.489 e. The van der Waals surface area contributed by atoms with Crippen molar-refractivity contribution in [2.24, 2.45) is 0 Å². The maximum atomic E-state index is 6.03. The van der Waals surface area contributed by atoms with E-state index in [1.54, 1.807) is 0 Å². The quantitative estimate of drug-likeness (QED) is 0.449. The molecule has 0 amide bonds. The van der Waals surface area contributed by atoms with Gasteiger partial charge in [0.1, 0.15) is 12.4 Å². The van der Waals surface area contributed by atoms with Gasteiger partial charge in [0.15, 0.2) is 0 Å². The summed E-state index contributed by atoms with van der Waals surface area (Å²) >= 11 is 0. The molecule has 3 aromatic rings. The molecular formula is C26H34O. The van der Waals surface area contributed by atoms with Crippen molar-refractivity contribution < 1.29 is 4.74 Å². The van der Waals surface area contributed by atoms with E-state index in [4.69, 9.17) is 4.74 Å². The summed E-state index contributed by atoms with van der Waals surface area (Å²) in [6.45, 7) is 12.9. The molecule has 0 aromatic heterocycles. The SMILES string of the molecule is CC.CC.CCc1ccccc1OCc1cccc(-c2cccc(C)c2)c1. The van der Waals surface area contributed by atoms with Crippen molar-refractivity contribution in [2.45, 2.75) is 54.6 Å². The lowest BCUT2D eigenvalue weighted by molar-refractivity contribution is 0.303. The summed E-state index contributed by atoms with van der Waals surface area (Å²) in [4.78, 5) is 0. The van der Waals surface area contributed by atoms with Gasteiger partial charge in [0, 0.05) is 0 Å². The zero-order chi connectivity index (χ0) is 20.1. The van der Waals surface area contributed by atoms with Gasteiger partial charge in [0.25, 0.3) is 0 Å². The fourth-order valence-corrected chi connectivity index (χ4v) is 2.76. The fourth-order valence-electron chi connectivity index (χ4n) is 2.76. The van der Waals surface area contributed by atoms with Crippen LogP contribution in [0.3, 0.4) is 0 Å². The molecule has 1 nitrogen and oxygen atoms in total. The molecule has 0 saturated heterocycles. The summed E-state index contributed by atoms with van der Waals surface area (Å²) < 4.78 is 6.03. The molecule has 3 rings (SSSR count). The van der Waals surface area contributed by atoms with Gasteiger partial charge in [-0.1, -0.05) is 101 Å². The lowest BCUT2D eigenvalue weighted by Crippen LogP contribution is -1.98. The molecule has 144 valence electrons. The lowest BCUT2D eigenvalue weighted by Gasteiger charge is -2.11. The first-order valence-corrected chi connectivity index (χ1v) is 10.1. The molecule has 0 spiro atoms. The minimum atomic E-state index is 0.594. The Labute approximate surface area is 166 Å². The van der Waals surface area contributed by atoms with E-state index in [0.29, 0.717) is 6.61 Å². The summed E-state index contributed by atoms with van der Waals surface area (Å²) in [7, 11) is 0. The lowest BCUT2D eigenvalue weighted by atomic mass is 10.0. The van der Waals surface area contributed by atoms with E-state index in [9.17, 15) is 0 Å². The van der Waals surface area contributed by atoms with Crippen molar-refractivity contribution in [1.29, 1.82) is 0 Å². The van der Waals surface area contributed by atoms with Crippen LogP contribution in [0.2, 0.25) is 0 Å². The molecule has 27 heavy (non-hydrogen) atoms. The first kappa shape index (κ1) is 22.5. The van der Waals surface area contributed by atoms with Crippen LogP contribution in [0.15, 0.2) is 72.8 Å². The Morgan fingerprint density at radius 1 is 0.704 bits per heavy atom. The normalized spacial score (nSPS) is 9.41. The first-order valence-electron chi connectivity index (χ1n) is 10.1. The van der Waals surface area contributed by atoms with E-state index in [-0.39, 0.29) is 0 Å².